The third kappa shape index (κ3) is 4.31. The highest BCUT2D eigenvalue weighted by atomic mass is 16.5. The first-order valence-corrected chi connectivity index (χ1v) is 6.78. The van der Waals surface area contributed by atoms with E-state index in [0.717, 1.165) is 38.5 Å². The van der Waals surface area contributed by atoms with Gasteiger partial charge in [-0.1, -0.05) is 26.0 Å². The van der Waals surface area contributed by atoms with Gasteiger partial charge < -0.3 is 14.8 Å². The molecule has 18 heavy (non-hydrogen) atoms. The summed E-state index contributed by atoms with van der Waals surface area (Å²) in [4.78, 5) is 0. The Kier molecular flexibility index (Phi) is 5.02. The topological polar surface area (TPSA) is 30.5 Å². The first-order valence-electron chi connectivity index (χ1n) is 6.78. The van der Waals surface area contributed by atoms with Gasteiger partial charge in [-0.25, -0.2) is 0 Å². The molecule has 0 spiro atoms. The predicted molar refractivity (Wildman–Crippen MR) is 72.8 cm³/mol. The van der Waals surface area contributed by atoms with Gasteiger partial charge in [0.2, 0.25) is 0 Å². The van der Waals surface area contributed by atoms with Crippen molar-refractivity contribution in [3.63, 3.8) is 0 Å². The maximum atomic E-state index is 5.89. The summed E-state index contributed by atoms with van der Waals surface area (Å²) in [5, 5.41) is 3.44. The van der Waals surface area contributed by atoms with Gasteiger partial charge in [-0.05, 0) is 30.2 Å². The number of rotatable bonds is 6. The molecule has 0 saturated carbocycles. The van der Waals surface area contributed by atoms with Crippen molar-refractivity contribution in [3.8, 4) is 5.75 Å². The summed E-state index contributed by atoms with van der Waals surface area (Å²) in [6.45, 7) is 7.91. The van der Waals surface area contributed by atoms with E-state index >= 15 is 0 Å². The van der Waals surface area contributed by atoms with Crippen molar-refractivity contribution >= 4 is 0 Å². The molecule has 100 valence electrons. The molecule has 0 bridgehead atoms. The van der Waals surface area contributed by atoms with Crippen LogP contribution < -0.4 is 10.1 Å². The normalized spacial score (nSPS) is 19.4. The third-order valence-electron chi connectivity index (χ3n) is 2.97. The van der Waals surface area contributed by atoms with Gasteiger partial charge in [-0.2, -0.15) is 0 Å². The number of hydrogen-bond acceptors (Lipinski definition) is 3. The Morgan fingerprint density at radius 3 is 3.06 bits per heavy atom. The summed E-state index contributed by atoms with van der Waals surface area (Å²) < 4.78 is 11.2. The Balaban J connectivity index is 1.84. The monoisotopic (exact) mass is 249 g/mol. The lowest BCUT2D eigenvalue weighted by atomic mass is 10.2. The summed E-state index contributed by atoms with van der Waals surface area (Å²) in [6.07, 6.45) is 1.22. The van der Waals surface area contributed by atoms with Gasteiger partial charge in [-0.15, -0.1) is 0 Å². The van der Waals surface area contributed by atoms with Gasteiger partial charge >= 0.3 is 0 Å². The minimum atomic E-state index is 0.226. The number of nitrogens with one attached hydrogen (secondary N) is 1. The maximum absolute atomic E-state index is 5.89. The summed E-state index contributed by atoms with van der Waals surface area (Å²) in [5.74, 6) is 1.63. The average molecular weight is 249 g/mol. The Morgan fingerprint density at radius 1 is 1.44 bits per heavy atom. The summed E-state index contributed by atoms with van der Waals surface area (Å²) >= 11 is 0. The van der Waals surface area contributed by atoms with E-state index < -0.39 is 0 Å². The Bertz CT molecular complexity index is 359. The van der Waals surface area contributed by atoms with Gasteiger partial charge in [0.1, 0.15) is 11.9 Å². The highest BCUT2D eigenvalue weighted by Gasteiger charge is 2.16. The van der Waals surface area contributed by atoms with Gasteiger partial charge in [0, 0.05) is 13.0 Å². The molecule has 0 aromatic heterocycles. The molecule has 1 aromatic carbocycles. The standard InChI is InChI=1S/C15H23NO2/c1-12(2)9-16-10-13-4-3-5-14(8-13)18-15-6-7-17-11-15/h3-5,8,12,15-16H,6-7,9-11H2,1-2H3. The van der Waals surface area contributed by atoms with E-state index in [4.69, 9.17) is 9.47 Å². The summed E-state index contributed by atoms with van der Waals surface area (Å²) in [7, 11) is 0. The lowest BCUT2D eigenvalue weighted by molar-refractivity contribution is 0.141. The van der Waals surface area contributed by atoms with Crippen LogP contribution in [0.1, 0.15) is 25.8 Å². The molecule has 1 saturated heterocycles. The van der Waals surface area contributed by atoms with Crippen LogP contribution in [0.4, 0.5) is 0 Å². The second-order valence-corrected chi connectivity index (χ2v) is 5.28. The van der Waals surface area contributed by atoms with E-state index in [2.05, 4.69) is 37.4 Å². The largest absolute Gasteiger partial charge is 0.488 e. The van der Waals surface area contributed by atoms with E-state index in [9.17, 15) is 0 Å². The predicted octanol–water partition coefficient (Wildman–Crippen LogP) is 2.60. The zero-order chi connectivity index (χ0) is 12.8. The van der Waals surface area contributed by atoms with Crippen molar-refractivity contribution in [2.45, 2.75) is 32.9 Å². The average Bonchev–Trinajstić information content (AvgIpc) is 2.82. The van der Waals surface area contributed by atoms with Crippen molar-refractivity contribution in [1.82, 2.24) is 5.32 Å². The molecule has 1 unspecified atom stereocenters. The highest BCUT2D eigenvalue weighted by Crippen LogP contribution is 2.18. The van der Waals surface area contributed by atoms with Crippen LogP contribution >= 0.6 is 0 Å². The van der Waals surface area contributed by atoms with Crippen LogP contribution in [0.15, 0.2) is 24.3 Å². The van der Waals surface area contributed by atoms with Gasteiger partial charge in [0.25, 0.3) is 0 Å². The van der Waals surface area contributed by atoms with E-state index in [1.54, 1.807) is 0 Å². The molecular weight excluding hydrogens is 226 g/mol. The number of benzene rings is 1. The first-order chi connectivity index (χ1) is 8.74. The van der Waals surface area contributed by atoms with Crippen molar-refractivity contribution < 1.29 is 9.47 Å². The molecule has 1 fully saturated rings. The molecule has 1 aliphatic rings. The molecular formula is C15H23NO2. The van der Waals surface area contributed by atoms with Gasteiger partial charge in [-0.3, -0.25) is 0 Å². The van der Waals surface area contributed by atoms with Gasteiger partial charge in [0.05, 0.1) is 13.2 Å². The fourth-order valence-corrected chi connectivity index (χ4v) is 2.03. The fourth-order valence-electron chi connectivity index (χ4n) is 2.03. The first kappa shape index (κ1) is 13.4. The van der Waals surface area contributed by atoms with Crippen molar-refractivity contribution in [2.24, 2.45) is 5.92 Å². The summed E-state index contributed by atoms with van der Waals surface area (Å²) in [6, 6.07) is 8.32. The lowest BCUT2D eigenvalue weighted by Crippen LogP contribution is -2.19. The number of hydrogen-bond donors (Lipinski definition) is 1. The molecule has 3 heteroatoms. The molecule has 1 aromatic rings. The zero-order valence-corrected chi connectivity index (χ0v) is 11.3. The van der Waals surface area contributed by atoms with E-state index in [1.165, 1.54) is 5.56 Å². The van der Waals surface area contributed by atoms with Crippen LogP contribution in [-0.4, -0.2) is 25.9 Å². The Hall–Kier alpha value is -1.06. The maximum Gasteiger partial charge on any atom is 0.124 e. The molecule has 3 nitrogen and oxygen atoms in total. The molecule has 0 aliphatic carbocycles. The second kappa shape index (κ2) is 6.76. The molecule has 0 amide bonds. The molecule has 1 N–H and O–H groups in total. The fraction of sp³-hybridized carbons (Fsp3) is 0.600. The van der Waals surface area contributed by atoms with E-state index in [-0.39, 0.29) is 6.10 Å². The van der Waals surface area contributed by atoms with Crippen molar-refractivity contribution in [2.75, 3.05) is 19.8 Å². The quantitative estimate of drug-likeness (QED) is 0.840. The SMILES string of the molecule is CC(C)CNCc1cccc(OC2CCOC2)c1. The number of ether oxygens (including phenoxy) is 2. The van der Waals surface area contributed by atoms with Crippen LogP contribution in [0.25, 0.3) is 0 Å². The van der Waals surface area contributed by atoms with E-state index in [0.29, 0.717) is 5.92 Å². The molecule has 0 radical (unpaired) electrons. The zero-order valence-electron chi connectivity index (χ0n) is 11.3. The van der Waals surface area contributed by atoms with Crippen LogP contribution in [-0.2, 0) is 11.3 Å². The Labute approximate surface area is 109 Å². The molecule has 1 atom stereocenters. The van der Waals surface area contributed by atoms with Crippen molar-refractivity contribution in [3.05, 3.63) is 29.8 Å². The van der Waals surface area contributed by atoms with E-state index in [1.807, 2.05) is 6.07 Å². The van der Waals surface area contributed by atoms with Crippen LogP contribution in [0.2, 0.25) is 0 Å². The smallest absolute Gasteiger partial charge is 0.124 e. The minimum Gasteiger partial charge on any atom is -0.488 e. The van der Waals surface area contributed by atoms with Gasteiger partial charge in [0.15, 0.2) is 0 Å². The highest BCUT2D eigenvalue weighted by molar-refractivity contribution is 5.28. The van der Waals surface area contributed by atoms with Crippen LogP contribution in [0, 0.1) is 5.92 Å². The third-order valence-corrected chi connectivity index (χ3v) is 2.97. The second-order valence-electron chi connectivity index (χ2n) is 5.28. The summed E-state index contributed by atoms with van der Waals surface area (Å²) in [5.41, 5.74) is 1.27. The lowest BCUT2D eigenvalue weighted by Gasteiger charge is -2.13. The molecule has 1 aliphatic heterocycles. The van der Waals surface area contributed by atoms with Crippen molar-refractivity contribution in [1.29, 1.82) is 0 Å². The molecule has 1 heterocycles. The minimum absolute atomic E-state index is 0.226. The Morgan fingerprint density at radius 2 is 2.33 bits per heavy atom. The molecule has 2 rings (SSSR count). The van der Waals surface area contributed by atoms with Crippen LogP contribution in [0.3, 0.4) is 0 Å². The van der Waals surface area contributed by atoms with Crippen LogP contribution in [0.5, 0.6) is 5.75 Å².